The maximum atomic E-state index is 12.1. The van der Waals surface area contributed by atoms with Crippen LogP contribution in [0.2, 0.25) is 0 Å². The van der Waals surface area contributed by atoms with Crippen LogP contribution in [-0.2, 0) is 16.0 Å². The number of aromatic nitrogens is 1. The second kappa shape index (κ2) is 5.67. The Labute approximate surface area is 111 Å². The van der Waals surface area contributed by atoms with E-state index < -0.39 is 0 Å². The fourth-order valence-corrected chi connectivity index (χ4v) is 2.80. The normalized spacial score (nSPS) is 24.2. The van der Waals surface area contributed by atoms with Crippen LogP contribution in [0.3, 0.4) is 0 Å². The second-order valence-electron chi connectivity index (χ2n) is 4.73. The van der Waals surface area contributed by atoms with E-state index in [1.165, 1.54) is 11.3 Å². The molecule has 0 saturated carbocycles. The molecule has 1 amide bonds. The maximum absolute atomic E-state index is 12.1. The third kappa shape index (κ3) is 3.00. The van der Waals surface area contributed by atoms with E-state index >= 15 is 0 Å². The molecule has 0 aromatic carbocycles. The monoisotopic (exact) mass is 269 g/mol. The Bertz CT molecular complexity index is 421. The molecule has 6 heteroatoms. The van der Waals surface area contributed by atoms with Crippen molar-refractivity contribution in [2.75, 3.05) is 25.9 Å². The van der Waals surface area contributed by atoms with Crippen molar-refractivity contribution in [1.29, 1.82) is 0 Å². The van der Waals surface area contributed by atoms with E-state index in [0.717, 1.165) is 18.7 Å². The van der Waals surface area contributed by atoms with E-state index in [1.54, 1.807) is 7.11 Å². The Hall–Kier alpha value is -1.14. The fourth-order valence-electron chi connectivity index (χ4n) is 2.24. The fraction of sp³-hybridized carbons (Fsp3) is 0.667. The van der Waals surface area contributed by atoms with Gasteiger partial charge in [-0.05, 0) is 12.3 Å². The molecule has 1 fully saturated rings. The number of nitrogens with two attached hydrogens (primary N) is 1. The van der Waals surface area contributed by atoms with E-state index in [4.69, 9.17) is 10.5 Å². The average molecular weight is 269 g/mol. The van der Waals surface area contributed by atoms with Crippen molar-refractivity contribution in [2.24, 2.45) is 5.92 Å². The molecule has 1 aromatic rings. The highest BCUT2D eigenvalue weighted by Crippen LogP contribution is 2.20. The summed E-state index contributed by atoms with van der Waals surface area (Å²) < 4.78 is 5.41. The number of methoxy groups -OCH3 is 1. The lowest BCUT2D eigenvalue weighted by Gasteiger charge is -2.36. The molecule has 0 spiro atoms. The van der Waals surface area contributed by atoms with Gasteiger partial charge in [-0.25, -0.2) is 4.98 Å². The largest absolute Gasteiger partial charge is 0.379 e. The smallest absolute Gasteiger partial charge is 0.228 e. The van der Waals surface area contributed by atoms with Crippen LogP contribution < -0.4 is 5.73 Å². The highest BCUT2D eigenvalue weighted by atomic mass is 32.1. The van der Waals surface area contributed by atoms with E-state index in [0.29, 0.717) is 24.0 Å². The summed E-state index contributed by atoms with van der Waals surface area (Å²) in [4.78, 5) is 18.1. The number of anilines is 1. The third-order valence-corrected chi connectivity index (χ3v) is 4.17. The maximum Gasteiger partial charge on any atom is 0.228 e. The first-order valence-electron chi connectivity index (χ1n) is 6.10. The van der Waals surface area contributed by atoms with Gasteiger partial charge in [-0.3, -0.25) is 4.79 Å². The van der Waals surface area contributed by atoms with Crippen molar-refractivity contribution in [3.05, 3.63) is 11.1 Å². The van der Waals surface area contributed by atoms with E-state index in [-0.39, 0.29) is 12.0 Å². The van der Waals surface area contributed by atoms with Gasteiger partial charge in [0.15, 0.2) is 5.13 Å². The first-order valence-corrected chi connectivity index (χ1v) is 6.98. The molecule has 0 aliphatic carbocycles. The number of nitrogen functional groups attached to an aromatic ring is 1. The van der Waals surface area contributed by atoms with Crippen LogP contribution in [0.5, 0.6) is 0 Å². The highest BCUT2D eigenvalue weighted by Gasteiger charge is 2.28. The number of carbonyl (C=O) groups is 1. The first kappa shape index (κ1) is 13.3. The van der Waals surface area contributed by atoms with Crippen LogP contribution in [0.25, 0.3) is 0 Å². The van der Waals surface area contributed by atoms with Crippen LogP contribution in [0.1, 0.15) is 19.0 Å². The number of hydrogen-bond acceptors (Lipinski definition) is 5. The van der Waals surface area contributed by atoms with Gasteiger partial charge in [-0.15, -0.1) is 11.3 Å². The SMILES string of the molecule is COC1CN(C(=O)Cc2csc(N)n2)CCC1C. The van der Waals surface area contributed by atoms with Crippen LogP contribution in [0, 0.1) is 5.92 Å². The molecule has 1 saturated heterocycles. The van der Waals surface area contributed by atoms with Crippen molar-refractivity contribution in [3.8, 4) is 0 Å². The number of thiazole rings is 1. The Morgan fingerprint density at radius 3 is 3.11 bits per heavy atom. The minimum absolute atomic E-state index is 0.106. The van der Waals surface area contributed by atoms with Gasteiger partial charge in [-0.2, -0.15) is 0 Å². The number of nitrogens with zero attached hydrogens (tertiary/aromatic N) is 2. The van der Waals surface area contributed by atoms with Crippen LogP contribution in [0.4, 0.5) is 5.13 Å². The Balaban J connectivity index is 1.93. The summed E-state index contributed by atoms with van der Waals surface area (Å²) in [5, 5.41) is 2.35. The zero-order valence-corrected chi connectivity index (χ0v) is 11.6. The van der Waals surface area contributed by atoms with E-state index in [1.807, 2.05) is 10.3 Å². The summed E-state index contributed by atoms with van der Waals surface area (Å²) in [6.45, 7) is 3.65. The molecule has 2 heterocycles. The summed E-state index contributed by atoms with van der Waals surface area (Å²) in [5.41, 5.74) is 6.32. The van der Waals surface area contributed by atoms with E-state index in [2.05, 4.69) is 11.9 Å². The lowest BCUT2D eigenvalue weighted by molar-refractivity contribution is -0.135. The molecule has 2 rings (SSSR count). The van der Waals surface area contributed by atoms with Crippen molar-refractivity contribution in [3.63, 3.8) is 0 Å². The van der Waals surface area contributed by atoms with Gasteiger partial charge in [0.2, 0.25) is 5.91 Å². The number of piperidine rings is 1. The quantitative estimate of drug-likeness (QED) is 0.894. The summed E-state index contributed by atoms with van der Waals surface area (Å²) in [6.07, 6.45) is 1.46. The lowest BCUT2D eigenvalue weighted by Crippen LogP contribution is -2.47. The molecule has 1 aliphatic heterocycles. The molecule has 2 atom stereocenters. The number of carbonyl (C=O) groups excluding carboxylic acids is 1. The van der Waals surface area contributed by atoms with Gasteiger partial charge in [-0.1, -0.05) is 6.92 Å². The summed E-state index contributed by atoms with van der Waals surface area (Å²) in [5.74, 6) is 0.614. The zero-order valence-electron chi connectivity index (χ0n) is 10.8. The predicted octanol–water partition coefficient (Wildman–Crippen LogP) is 1.15. The molecule has 100 valence electrons. The van der Waals surface area contributed by atoms with Crippen LogP contribution >= 0.6 is 11.3 Å². The van der Waals surface area contributed by atoms with E-state index in [9.17, 15) is 4.79 Å². The van der Waals surface area contributed by atoms with Crippen molar-refractivity contribution < 1.29 is 9.53 Å². The number of hydrogen-bond donors (Lipinski definition) is 1. The van der Waals surface area contributed by atoms with Gasteiger partial charge < -0.3 is 15.4 Å². The minimum Gasteiger partial charge on any atom is -0.379 e. The topological polar surface area (TPSA) is 68.5 Å². The molecule has 18 heavy (non-hydrogen) atoms. The van der Waals surface area contributed by atoms with Crippen LogP contribution in [-0.4, -0.2) is 42.1 Å². The molecular formula is C12H19N3O2S. The Morgan fingerprint density at radius 2 is 2.50 bits per heavy atom. The van der Waals surface area contributed by atoms with Gasteiger partial charge in [0.05, 0.1) is 18.2 Å². The number of amides is 1. The van der Waals surface area contributed by atoms with Gasteiger partial charge in [0, 0.05) is 25.6 Å². The van der Waals surface area contributed by atoms with Crippen molar-refractivity contribution in [2.45, 2.75) is 25.9 Å². The highest BCUT2D eigenvalue weighted by molar-refractivity contribution is 7.13. The lowest BCUT2D eigenvalue weighted by atomic mass is 9.95. The third-order valence-electron chi connectivity index (χ3n) is 3.45. The molecule has 2 N–H and O–H groups in total. The molecule has 1 aromatic heterocycles. The van der Waals surface area contributed by atoms with Gasteiger partial charge >= 0.3 is 0 Å². The summed E-state index contributed by atoms with van der Waals surface area (Å²) >= 11 is 1.37. The Morgan fingerprint density at radius 1 is 1.72 bits per heavy atom. The number of ether oxygens (including phenoxy) is 1. The predicted molar refractivity (Wildman–Crippen MR) is 71.4 cm³/mol. The van der Waals surface area contributed by atoms with Crippen molar-refractivity contribution >= 4 is 22.4 Å². The standard InChI is InChI=1S/C12H19N3O2S/c1-8-3-4-15(6-10(8)17-2)11(16)5-9-7-18-12(13)14-9/h7-8,10H,3-6H2,1-2H3,(H2,13,14). The van der Waals surface area contributed by atoms with Crippen LogP contribution in [0.15, 0.2) is 5.38 Å². The molecular weight excluding hydrogens is 250 g/mol. The number of likely N-dealkylation sites (tertiary alicyclic amines) is 1. The molecule has 1 aliphatic rings. The molecule has 2 unspecified atom stereocenters. The van der Waals surface area contributed by atoms with Gasteiger partial charge in [0.1, 0.15) is 0 Å². The van der Waals surface area contributed by atoms with Crippen molar-refractivity contribution in [1.82, 2.24) is 9.88 Å². The average Bonchev–Trinajstić information content (AvgIpc) is 2.75. The second-order valence-corrected chi connectivity index (χ2v) is 5.62. The zero-order chi connectivity index (χ0) is 13.1. The molecule has 0 radical (unpaired) electrons. The molecule has 5 nitrogen and oxygen atoms in total. The summed E-state index contributed by atoms with van der Waals surface area (Å²) in [6, 6.07) is 0. The number of rotatable bonds is 3. The first-order chi connectivity index (χ1) is 8.60. The van der Waals surface area contributed by atoms with Gasteiger partial charge in [0.25, 0.3) is 0 Å². The molecule has 0 bridgehead atoms. The Kier molecular flexibility index (Phi) is 4.19. The minimum atomic E-state index is 0.106. The summed E-state index contributed by atoms with van der Waals surface area (Å²) in [7, 11) is 1.70.